The Labute approximate surface area is 114 Å². The third kappa shape index (κ3) is 3.44. The van der Waals surface area contributed by atoms with Crippen molar-refractivity contribution >= 4 is 5.78 Å². The molecule has 0 aliphatic heterocycles. The van der Waals surface area contributed by atoms with Gasteiger partial charge in [-0.15, -0.1) is 0 Å². The summed E-state index contributed by atoms with van der Waals surface area (Å²) in [6.45, 7) is 2.02. The first-order chi connectivity index (χ1) is 9.20. The predicted octanol–water partition coefficient (Wildman–Crippen LogP) is 3.82. The SMILES string of the molecule is COc1ccccc1CCC(=O)c1ccc(C)cc1. The van der Waals surface area contributed by atoms with E-state index >= 15 is 0 Å². The Morgan fingerprint density at radius 3 is 2.42 bits per heavy atom. The number of methoxy groups -OCH3 is 1. The van der Waals surface area contributed by atoms with E-state index in [1.54, 1.807) is 7.11 Å². The van der Waals surface area contributed by atoms with Gasteiger partial charge in [0.2, 0.25) is 0 Å². The van der Waals surface area contributed by atoms with Gasteiger partial charge in [-0.25, -0.2) is 0 Å². The zero-order valence-corrected chi connectivity index (χ0v) is 11.3. The first-order valence-corrected chi connectivity index (χ1v) is 6.42. The molecule has 0 aliphatic rings. The number of rotatable bonds is 5. The molecular formula is C17H18O2. The summed E-state index contributed by atoms with van der Waals surface area (Å²) in [5, 5.41) is 0. The second-order valence-corrected chi connectivity index (χ2v) is 4.60. The van der Waals surface area contributed by atoms with Gasteiger partial charge < -0.3 is 4.74 Å². The fourth-order valence-corrected chi connectivity index (χ4v) is 2.04. The molecule has 0 amide bonds. The summed E-state index contributed by atoms with van der Waals surface area (Å²) in [5.41, 5.74) is 3.02. The van der Waals surface area contributed by atoms with Gasteiger partial charge in [-0.2, -0.15) is 0 Å². The Balaban J connectivity index is 2.02. The minimum atomic E-state index is 0.172. The van der Waals surface area contributed by atoms with Crippen LogP contribution in [0, 0.1) is 6.92 Å². The van der Waals surface area contributed by atoms with Crippen molar-refractivity contribution < 1.29 is 9.53 Å². The summed E-state index contributed by atoms with van der Waals surface area (Å²) in [5.74, 6) is 1.02. The second kappa shape index (κ2) is 6.19. The number of hydrogen-bond acceptors (Lipinski definition) is 2. The van der Waals surface area contributed by atoms with Gasteiger partial charge in [0, 0.05) is 12.0 Å². The van der Waals surface area contributed by atoms with E-state index in [0.29, 0.717) is 12.8 Å². The van der Waals surface area contributed by atoms with Crippen LogP contribution >= 0.6 is 0 Å². The molecule has 2 heteroatoms. The summed E-state index contributed by atoms with van der Waals surface area (Å²) < 4.78 is 5.29. The molecule has 0 bridgehead atoms. The van der Waals surface area contributed by atoms with Crippen molar-refractivity contribution in [3.63, 3.8) is 0 Å². The molecule has 0 fully saturated rings. The van der Waals surface area contributed by atoms with Gasteiger partial charge in [0.05, 0.1) is 7.11 Å². The highest BCUT2D eigenvalue weighted by Gasteiger charge is 2.08. The number of aryl methyl sites for hydroxylation is 2. The van der Waals surface area contributed by atoms with Gasteiger partial charge >= 0.3 is 0 Å². The molecule has 0 heterocycles. The maximum Gasteiger partial charge on any atom is 0.163 e. The number of para-hydroxylation sites is 1. The number of ketones is 1. The number of carbonyl (C=O) groups excluding carboxylic acids is 1. The maximum absolute atomic E-state index is 12.1. The van der Waals surface area contributed by atoms with Crippen LogP contribution in [0.2, 0.25) is 0 Å². The van der Waals surface area contributed by atoms with Crippen LogP contribution < -0.4 is 4.74 Å². The summed E-state index contributed by atoms with van der Waals surface area (Å²) in [4.78, 5) is 12.1. The second-order valence-electron chi connectivity index (χ2n) is 4.60. The summed E-state index contributed by atoms with van der Waals surface area (Å²) in [7, 11) is 1.65. The van der Waals surface area contributed by atoms with E-state index in [1.165, 1.54) is 5.56 Å². The van der Waals surface area contributed by atoms with Crippen LogP contribution in [0.3, 0.4) is 0 Å². The number of Topliss-reactive ketones (excluding diaryl/α,β-unsaturated/α-hetero) is 1. The summed E-state index contributed by atoms with van der Waals surface area (Å²) in [6, 6.07) is 15.5. The molecular weight excluding hydrogens is 236 g/mol. The van der Waals surface area contributed by atoms with Crippen LogP contribution in [-0.2, 0) is 6.42 Å². The van der Waals surface area contributed by atoms with E-state index in [1.807, 2.05) is 55.5 Å². The smallest absolute Gasteiger partial charge is 0.163 e. The Morgan fingerprint density at radius 1 is 1.05 bits per heavy atom. The van der Waals surface area contributed by atoms with Crippen molar-refractivity contribution in [1.82, 2.24) is 0 Å². The first kappa shape index (κ1) is 13.3. The lowest BCUT2D eigenvalue weighted by Gasteiger charge is -2.07. The molecule has 2 aromatic carbocycles. The molecule has 0 spiro atoms. The van der Waals surface area contributed by atoms with Crippen molar-refractivity contribution in [3.8, 4) is 5.75 Å². The third-order valence-corrected chi connectivity index (χ3v) is 3.19. The zero-order chi connectivity index (χ0) is 13.7. The standard InChI is InChI=1S/C17H18O2/c1-13-7-9-14(10-8-13)16(18)12-11-15-5-3-4-6-17(15)19-2/h3-10H,11-12H2,1-2H3. The molecule has 2 aromatic rings. The highest BCUT2D eigenvalue weighted by Crippen LogP contribution is 2.19. The van der Waals surface area contributed by atoms with E-state index in [-0.39, 0.29) is 5.78 Å². The average molecular weight is 254 g/mol. The number of ether oxygens (including phenoxy) is 1. The molecule has 0 N–H and O–H groups in total. The lowest BCUT2D eigenvalue weighted by atomic mass is 10.0. The van der Waals surface area contributed by atoms with Crippen LogP contribution in [0.5, 0.6) is 5.75 Å². The summed E-state index contributed by atoms with van der Waals surface area (Å²) >= 11 is 0. The van der Waals surface area contributed by atoms with Crippen molar-refractivity contribution in [2.45, 2.75) is 19.8 Å². The Morgan fingerprint density at radius 2 is 1.74 bits per heavy atom. The van der Waals surface area contributed by atoms with Crippen molar-refractivity contribution in [1.29, 1.82) is 0 Å². The predicted molar refractivity (Wildman–Crippen MR) is 76.8 cm³/mol. The van der Waals surface area contributed by atoms with E-state index in [9.17, 15) is 4.79 Å². The lowest BCUT2D eigenvalue weighted by molar-refractivity contribution is 0.0982. The van der Waals surface area contributed by atoms with E-state index in [2.05, 4.69) is 0 Å². The van der Waals surface area contributed by atoms with E-state index in [0.717, 1.165) is 16.9 Å². The molecule has 0 radical (unpaired) electrons. The van der Waals surface area contributed by atoms with Crippen molar-refractivity contribution in [3.05, 3.63) is 65.2 Å². The summed E-state index contributed by atoms with van der Waals surface area (Å²) in [6.07, 6.45) is 1.21. The van der Waals surface area contributed by atoms with E-state index < -0.39 is 0 Å². The highest BCUT2D eigenvalue weighted by atomic mass is 16.5. The quantitative estimate of drug-likeness (QED) is 0.758. The topological polar surface area (TPSA) is 26.3 Å². The van der Waals surface area contributed by atoms with Gasteiger partial charge in [-0.1, -0.05) is 48.0 Å². The zero-order valence-electron chi connectivity index (χ0n) is 11.3. The average Bonchev–Trinajstić information content (AvgIpc) is 2.45. The van der Waals surface area contributed by atoms with Crippen LogP contribution in [0.15, 0.2) is 48.5 Å². The number of carbonyl (C=O) groups is 1. The highest BCUT2D eigenvalue weighted by molar-refractivity contribution is 5.96. The molecule has 0 unspecified atom stereocenters. The molecule has 0 saturated carbocycles. The third-order valence-electron chi connectivity index (χ3n) is 3.19. The maximum atomic E-state index is 12.1. The van der Waals surface area contributed by atoms with Gasteiger partial charge in [0.25, 0.3) is 0 Å². The monoisotopic (exact) mass is 254 g/mol. The molecule has 98 valence electrons. The minimum absolute atomic E-state index is 0.172. The molecule has 0 saturated heterocycles. The van der Waals surface area contributed by atoms with Crippen LogP contribution in [0.4, 0.5) is 0 Å². The van der Waals surface area contributed by atoms with Gasteiger partial charge in [-0.3, -0.25) is 4.79 Å². The number of hydrogen-bond donors (Lipinski definition) is 0. The van der Waals surface area contributed by atoms with Crippen LogP contribution in [0.1, 0.15) is 27.9 Å². The van der Waals surface area contributed by atoms with Gasteiger partial charge in [0.15, 0.2) is 5.78 Å². The normalized spacial score (nSPS) is 10.2. The molecule has 2 rings (SSSR count). The molecule has 19 heavy (non-hydrogen) atoms. The van der Waals surface area contributed by atoms with E-state index in [4.69, 9.17) is 4.74 Å². The lowest BCUT2D eigenvalue weighted by Crippen LogP contribution is -2.02. The Bertz CT molecular complexity index is 556. The largest absolute Gasteiger partial charge is 0.496 e. The molecule has 0 aromatic heterocycles. The first-order valence-electron chi connectivity index (χ1n) is 6.42. The Hall–Kier alpha value is -2.09. The minimum Gasteiger partial charge on any atom is -0.496 e. The van der Waals surface area contributed by atoms with Crippen LogP contribution in [0.25, 0.3) is 0 Å². The molecule has 0 aliphatic carbocycles. The van der Waals surface area contributed by atoms with Gasteiger partial charge in [-0.05, 0) is 25.0 Å². The van der Waals surface area contributed by atoms with Crippen LogP contribution in [-0.4, -0.2) is 12.9 Å². The fourth-order valence-electron chi connectivity index (χ4n) is 2.04. The molecule has 2 nitrogen and oxygen atoms in total. The van der Waals surface area contributed by atoms with Crippen molar-refractivity contribution in [2.24, 2.45) is 0 Å². The Kier molecular flexibility index (Phi) is 4.35. The number of benzene rings is 2. The molecule has 0 atom stereocenters. The van der Waals surface area contributed by atoms with Gasteiger partial charge in [0.1, 0.15) is 5.75 Å². The van der Waals surface area contributed by atoms with Crippen molar-refractivity contribution in [2.75, 3.05) is 7.11 Å². The fraction of sp³-hybridized carbons (Fsp3) is 0.235.